The molecule has 5 heteroatoms. The van der Waals surface area contributed by atoms with Crippen molar-refractivity contribution >= 4 is 5.82 Å². The van der Waals surface area contributed by atoms with E-state index < -0.39 is 0 Å². The van der Waals surface area contributed by atoms with Gasteiger partial charge in [0.05, 0.1) is 6.61 Å². The zero-order chi connectivity index (χ0) is 13.0. The van der Waals surface area contributed by atoms with Crippen LogP contribution < -0.4 is 15.4 Å². The van der Waals surface area contributed by atoms with Gasteiger partial charge >= 0.3 is 0 Å². The largest absolute Gasteiger partial charge is 0.478 e. The quantitative estimate of drug-likeness (QED) is 0.876. The molecule has 0 aliphatic carbocycles. The van der Waals surface area contributed by atoms with Crippen molar-refractivity contribution in [3.63, 3.8) is 0 Å². The molecule has 2 rings (SSSR count). The fourth-order valence-electron chi connectivity index (χ4n) is 2.38. The molecule has 1 aromatic heterocycles. The monoisotopic (exact) mass is 250 g/mol. The molecule has 1 fully saturated rings. The third-order valence-corrected chi connectivity index (χ3v) is 3.10. The molecule has 18 heavy (non-hydrogen) atoms. The average Bonchev–Trinajstić information content (AvgIpc) is 2.35. The molecule has 0 aromatic carbocycles. The van der Waals surface area contributed by atoms with Crippen LogP contribution in [0.3, 0.4) is 0 Å². The molecule has 0 radical (unpaired) electrons. The number of hydrogen-bond donors (Lipinski definition) is 1. The van der Waals surface area contributed by atoms with Crippen molar-refractivity contribution in [2.45, 2.75) is 32.7 Å². The van der Waals surface area contributed by atoms with Crippen molar-refractivity contribution < 1.29 is 4.74 Å². The minimum absolute atomic E-state index is 0.226. The Balaban J connectivity index is 2.07. The number of hydrogen-bond acceptors (Lipinski definition) is 5. The Morgan fingerprint density at radius 3 is 3.00 bits per heavy atom. The third kappa shape index (κ3) is 3.32. The maximum atomic E-state index is 6.05. The fourth-order valence-corrected chi connectivity index (χ4v) is 2.38. The van der Waals surface area contributed by atoms with Crippen LogP contribution >= 0.6 is 0 Å². The summed E-state index contributed by atoms with van der Waals surface area (Å²) in [6.07, 6.45) is 3.62. The number of anilines is 1. The van der Waals surface area contributed by atoms with E-state index >= 15 is 0 Å². The number of rotatable bonds is 4. The maximum absolute atomic E-state index is 6.05. The summed E-state index contributed by atoms with van der Waals surface area (Å²) in [6, 6.07) is 2.13. The molecule has 1 aliphatic rings. The Morgan fingerprint density at radius 1 is 1.44 bits per heavy atom. The molecular weight excluding hydrogens is 228 g/mol. The van der Waals surface area contributed by atoms with E-state index in [0.29, 0.717) is 18.4 Å². The molecule has 2 N–H and O–H groups in total. The second-order valence-corrected chi connectivity index (χ2v) is 5.07. The van der Waals surface area contributed by atoms with Crippen molar-refractivity contribution in [2.24, 2.45) is 11.7 Å². The van der Waals surface area contributed by atoms with Gasteiger partial charge in [0.2, 0.25) is 5.88 Å². The first kappa shape index (κ1) is 13.1. The summed E-state index contributed by atoms with van der Waals surface area (Å²) in [6.45, 7) is 6.84. The van der Waals surface area contributed by atoms with Gasteiger partial charge in [0.1, 0.15) is 12.1 Å². The number of aromatic nitrogens is 2. The summed E-state index contributed by atoms with van der Waals surface area (Å²) < 4.78 is 5.53. The zero-order valence-corrected chi connectivity index (χ0v) is 11.2. The van der Waals surface area contributed by atoms with Crippen LogP contribution in [0.4, 0.5) is 5.82 Å². The lowest BCUT2D eigenvalue weighted by Gasteiger charge is -2.35. The Hall–Kier alpha value is -1.36. The lowest BCUT2D eigenvalue weighted by Crippen LogP contribution is -2.46. The Bertz CT molecular complexity index is 375. The lowest BCUT2D eigenvalue weighted by atomic mass is 9.97. The molecule has 1 aromatic rings. The van der Waals surface area contributed by atoms with Gasteiger partial charge in [-0.15, -0.1) is 0 Å². The molecule has 100 valence electrons. The van der Waals surface area contributed by atoms with E-state index in [-0.39, 0.29) is 6.04 Å². The van der Waals surface area contributed by atoms with E-state index in [1.807, 2.05) is 6.07 Å². The first-order valence-electron chi connectivity index (χ1n) is 6.64. The number of ether oxygens (including phenoxy) is 1. The van der Waals surface area contributed by atoms with Crippen LogP contribution in [0.1, 0.15) is 26.7 Å². The van der Waals surface area contributed by atoms with Crippen molar-refractivity contribution in [1.82, 2.24) is 9.97 Å². The Morgan fingerprint density at radius 2 is 2.28 bits per heavy atom. The Labute approximate surface area is 108 Å². The van der Waals surface area contributed by atoms with E-state index in [0.717, 1.165) is 31.7 Å². The van der Waals surface area contributed by atoms with Gasteiger partial charge in [0.15, 0.2) is 0 Å². The van der Waals surface area contributed by atoms with E-state index in [1.54, 1.807) is 6.33 Å². The van der Waals surface area contributed by atoms with Gasteiger partial charge in [-0.1, -0.05) is 13.8 Å². The highest BCUT2D eigenvalue weighted by molar-refractivity contribution is 5.41. The van der Waals surface area contributed by atoms with Crippen molar-refractivity contribution in [3.8, 4) is 5.88 Å². The van der Waals surface area contributed by atoms with Crippen LogP contribution in [0, 0.1) is 5.92 Å². The molecule has 0 amide bonds. The molecule has 0 bridgehead atoms. The minimum Gasteiger partial charge on any atom is -0.478 e. The SMILES string of the molecule is CCCOc1cc(N2CC(C)CC(N)C2)ncn1. The fraction of sp³-hybridized carbons (Fsp3) is 0.692. The van der Waals surface area contributed by atoms with Crippen LogP contribution in [-0.2, 0) is 0 Å². The maximum Gasteiger partial charge on any atom is 0.218 e. The highest BCUT2D eigenvalue weighted by atomic mass is 16.5. The summed E-state index contributed by atoms with van der Waals surface area (Å²) in [4.78, 5) is 10.7. The van der Waals surface area contributed by atoms with E-state index in [2.05, 4.69) is 28.7 Å². The number of nitrogens with two attached hydrogens (primary N) is 1. The van der Waals surface area contributed by atoms with Gasteiger partial charge < -0.3 is 15.4 Å². The summed E-state index contributed by atoms with van der Waals surface area (Å²) in [5.74, 6) is 2.16. The van der Waals surface area contributed by atoms with Gasteiger partial charge in [0, 0.05) is 25.2 Å². The standard InChI is InChI=1S/C13H22N4O/c1-3-4-18-13-6-12(15-9-16-13)17-7-10(2)5-11(14)8-17/h6,9-11H,3-5,7-8,14H2,1-2H3. The molecule has 2 heterocycles. The molecule has 1 saturated heterocycles. The minimum atomic E-state index is 0.226. The predicted octanol–water partition coefficient (Wildman–Crippen LogP) is 1.44. The second-order valence-electron chi connectivity index (χ2n) is 5.07. The van der Waals surface area contributed by atoms with Gasteiger partial charge in [-0.2, -0.15) is 0 Å². The normalized spacial score (nSPS) is 24.1. The first-order valence-corrected chi connectivity index (χ1v) is 6.64. The molecule has 2 atom stereocenters. The van der Waals surface area contributed by atoms with Crippen LogP contribution in [0.15, 0.2) is 12.4 Å². The van der Waals surface area contributed by atoms with E-state index in [9.17, 15) is 0 Å². The summed E-state index contributed by atoms with van der Waals surface area (Å²) >= 11 is 0. The molecule has 5 nitrogen and oxygen atoms in total. The van der Waals surface area contributed by atoms with Gasteiger partial charge in [-0.3, -0.25) is 0 Å². The highest BCUT2D eigenvalue weighted by Crippen LogP contribution is 2.22. The van der Waals surface area contributed by atoms with E-state index in [4.69, 9.17) is 10.5 Å². The van der Waals surface area contributed by atoms with Crippen LogP contribution in [0.5, 0.6) is 5.88 Å². The topological polar surface area (TPSA) is 64.3 Å². The first-order chi connectivity index (χ1) is 8.69. The second kappa shape index (κ2) is 6.00. The van der Waals surface area contributed by atoms with Crippen molar-refractivity contribution in [3.05, 3.63) is 12.4 Å². The van der Waals surface area contributed by atoms with Crippen LogP contribution in [-0.4, -0.2) is 35.7 Å². The summed E-state index contributed by atoms with van der Waals surface area (Å²) in [5.41, 5.74) is 6.05. The predicted molar refractivity (Wildman–Crippen MR) is 71.8 cm³/mol. The average molecular weight is 250 g/mol. The third-order valence-electron chi connectivity index (χ3n) is 3.10. The number of nitrogens with zero attached hydrogens (tertiary/aromatic N) is 3. The van der Waals surface area contributed by atoms with E-state index in [1.165, 1.54) is 0 Å². The van der Waals surface area contributed by atoms with Crippen molar-refractivity contribution in [1.29, 1.82) is 0 Å². The molecule has 0 spiro atoms. The smallest absolute Gasteiger partial charge is 0.218 e. The number of piperidine rings is 1. The lowest BCUT2D eigenvalue weighted by molar-refractivity contribution is 0.304. The zero-order valence-electron chi connectivity index (χ0n) is 11.2. The molecular formula is C13H22N4O. The van der Waals surface area contributed by atoms with Gasteiger partial charge in [0.25, 0.3) is 0 Å². The Kier molecular flexibility index (Phi) is 4.36. The molecule has 1 aliphatic heterocycles. The summed E-state index contributed by atoms with van der Waals surface area (Å²) in [7, 11) is 0. The van der Waals surface area contributed by atoms with Gasteiger partial charge in [-0.25, -0.2) is 9.97 Å². The molecule has 2 unspecified atom stereocenters. The van der Waals surface area contributed by atoms with Crippen molar-refractivity contribution in [2.75, 3.05) is 24.6 Å². The summed E-state index contributed by atoms with van der Waals surface area (Å²) in [5, 5.41) is 0. The van der Waals surface area contributed by atoms with Crippen LogP contribution in [0.2, 0.25) is 0 Å². The van der Waals surface area contributed by atoms with Crippen LogP contribution in [0.25, 0.3) is 0 Å². The highest BCUT2D eigenvalue weighted by Gasteiger charge is 2.23. The van der Waals surface area contributed by atoms with Gasteiger partial charge in [-0.05, 0) is 18.8 Å². The molecule has 0 saturated carbocycles.